The Hall–Kier alpha value is -2.84. The van der Waals surface area contributed by atoms with Crippen molar-refractivity contribution in [2.24, 2.45) is 0 Å². The minimum absolute atomic E-state index is 0.183. The third-order valence-corrected chi connectivity index (χ3v) is 5.73. The van der Waals surface area contributed by atoms with Crippen molar-refractivity contribution in [2.75, 3.05) is 20.3 Å². The number of thiocarbonyl (C=S) groups is 1. The second-order valence-electron chi connectivity index (χ2n) is 6.67. The number of ether oxygens (including phenoxy) is 3. The van der Waals surface area contributed by atoms with Crippen LogP contribution >= 0.6 is 24.0 Å². The third kappa shape index (κ3) is 6.08. The Morgan fingerprint density at radius 3 is 2.65 bits per heavy atom. The molecule has 3 rings (SSSR count). The molecule has 1 fully saturated rings. The van der Waals surface area contributed by atoms with Gasteiger partial charge in [-0.25, -0.2) is 0 Å². The van der Waals surface area contributed by atoms with Gasteiger partial charge in [-0.1, -0.05) is 67.3 Å². The van der Waals surface area contributed by atoms with Gasteiger partial charge < -0.3 is 14.2 Å². The lowest BCUT2D eigenvalue weighted by molar-refractivity contribution is -0.146. The summed E-state index contributed by atoms with van der Waals surface area (Å²) in [7, 11) is 1.57. The summed E-state index contributed by atoms with van der Waals surface area (Å²) < 4.78 is 16.7. The zero-order valence-electron chi connectivity index (χ0n) is 17.3. The van der Waals surface area contributed by atoms with E-state index in [4.69, 9.17) is 26.4 Å². The topological polar surface area (TPSA) is 65.1 Å². The molecular weight excluding hydrogens is 434 g/mol. The number of methoxy groups -OCH3 is 1. The molecule has 0 spiro atoms. The second-order valence-corrected chi connectivity index (χ2v) is 8.35. The third-order valence-electron chi connectivity index (χ3n) is 4.35. The van der Waals surface area contributed by atoms with Crippen LogP contribution in [0.1, 0.15) is 24.5 Å². The molecule has 0 atom stereocenters. The molecule has 2 aromatic carbocycles. The van der Waals surface area contributed by atoms with Crippen molar-refractivity contribution in [1.82, 2.24) is 4.90 Å². The maximum atomic E-state index is 12.7. The Morgan fingerprint density at radius 2 is 1.94 bits per heavy atom. The largest absolute Gasteiger partial charge is 0.493 e. The lowest BCUT2D eigenvalue weighted by Crippen LogP contribution is -2.34. The fourth-order valence-electron chi connectivity index (χ4n) is 2.81. The van der Waals surface area contributed by atoms with Crippen LogP contribution < -0.4 is 9.47 Å². The van der Waals surface area contributed by atoms with Gasteiger partial charge in [-0.2, -0.15) is 0 Å². The standard InChI is InChI=1S/C23H23NO5S2/c1-3-11-28-21(25)14-24-22(26)20(31-23(24)30)13-17-9-10-18(19(12-17)27-2)29-15-16-7-5-4-6-8-16/h4-10,12-13H,3,11,14-15H2,1-2H3/b20-13-. The summed E-state index contributed by atoms with van der Waals surface area (Å²) in [5.74, 6) is 0.380. The number of nitrogens with zero attached hydrogens (tertiary/aromatic N) is 1. The average Bonchev–Trinajstić information content (AvgIpc) is 3.04. The first-order chi connectivity index (χ1) is 15.0. The van der Waals surface area contributed by atoms with E-state index in [1.807, 2.05) is 43.3 Å². The summed E-state index contributed by atoms with van der Waals surface area (Å²) in [4.78, 5) is 26.3. The van der Waals surface area contributed by atoms with Crippen LogP contribution in [0.25, 0.3) is 6.08 Å². The van der Waals surface area contributed by atoms with Crippen molar-refractivity contribution in [3.05, 3.63) is 64.6 Å². The second kappa shape index (κ2) is 11.0. The molecular formula is C23H23NO5S2. The lowest BCUT2D eigenvalue weighted by atomic mass is 10.1. The minimum atomic E-state index is -0.471. The van der Waals surface area contributed by atoms with Crippen molar-refractivity contribution in [3.8, 4) is 11.5 Å². The van der Waals surface area contributed by atoms with Crippen LogP contribution in [0.3, 0.4) is 0 Å². The van der Waals surface area contributed by atoms with Gasteiger partial charge in [-0.3, -0.25) is 14.5 Å². The van der Waals surface area contributed by atoms with E-state index < -0.39 is 5.97 Å². The monoisotopic (exact) mass is 457 g/mol. The predicted molar refractivity (Wildman–Crippen MR) is 125 cm³/mol. The molecule has 1 aliphatic rings. The lowest BCUT2D eigenvalue weighted by Gasteiger charge is -2.13. The van der Waals surface area contributed by atoms with Gasteiger partial charge in [0.05, 0.1) is 18.6 Å². The molecule has 0 bridgehead atoms. The Labute approximate surface area is 191 Å². The van der Waals surface area contributed by atoms with Gasteiger partial charge in [0.25, 0.3) is 5.91 Å². The number of esters is 1. The Kier molecular flexibility index (Phi) is 8.08. The first-order valence-corrected chi connectivity index (χ1v) is 11.0. The van der Waals surface area contributed by atoms with E-state index in [2.05, 4.69) is 0 Å². The number of carbonyl (C=O) groups excluding carboxylic acids is 2. The van der Waals surface area contributed by atoms with Crippen LogP contribution in [0.2, 0.25) is 0 Å². The van der Waals surface area contributed by atoms with E-state index >= 15 is 0 Å². The molecule has 0 saturated carbocycles. The molecule has 8 heteroatoms. The summed E-state index contributed by atoms with van der Waals surface area (Å²) in [5, 5.41) is 0. The molecule has 162 valence electrons. The van der Waals surface area contributed by atoms with Gasteiger partial charge >= 0.3 is 5.97 Å². The van der Waals surface area contributed by atoms with Crippen LogP contribution in [-0.2, 0) is 20.9 Å². The highest BCUT2D eigenvalue weighted by molar-refractivity contribution is 8.26. The fourth-order valence-corrected chi connectivity index (χ4v) is 4.06. The number of benzene rings is 2. The van der Waals surface area contributed by atoms with Crippen molar-refractivity contribution in [1.29, 1.82) is 0 Å². The maximum Gasteiger partial charge on any atom is 0.326 e. The molecule has 6 nitrogen and oxygen atoms in total. The van der Waals surface area contributed by atoms with Crippen LogP contribution in [0.15, 0.2) is 53.4 Å². The summed E-state index contributed by atoms with van der Waals surface area (Å²) in [5.41, 5.74) is 1.81. The molecule has 0 aromatic heterocycles. The van der Waals surface area contributed by atoms with Gasteiger partial charge in [0, 0.05) is 0 Å². The Bertz CT molecular complexity index is 991. The predicted octanol–water partition coefficient (Wildman–Crippen LogP) is 4.43. The zero-order valence-corrected chi connectivity index (χ0v) is 19.0. The molecule has 1 heterocycles. The normalized spacial score (nSPS) is 14.8. The van der Waals surface area contributed by atoms with E-state index in [0.717, 1.165) is 29.3 Å². The summed E-state index contributed by atoms with van der Waals surface area (Å²) in [6.07, 6.45) is 2.44. The van der Waals surface area contributed by atoms with Gasteiger partial charge in [-0.05, 0) is 35.8 Å². The molecule has 1 aliphatic heterocycles. The average molecular weight is 458 g/mol. The number of hydrogen-bond acceptors (Lipinski definition) is 7. The van der Waals surface area contributed by atoms with Crippen molar-refractivity contribution in [3.63, 3.8) is 0 Å². The maximum absolute atomic E-state index is 12.7. The fraction of sp³-hybridized carbons (Fsp3) is 0.261. The summed E-state index contributed by atoms with van der Waals surface area (Å²) in [6.45, 7) is 2.46. The van der Waals surface area contributed by atoms with Crippen molar-refractivity contribution in [2.45, 2.75) is 20.0 Å². The molecule has 31 heavy (non-hydrogen) atoms. The molecule has 1 amide bonds. The van der Waals surface area contributed by atoms with E-state index in [1.54, 1.807) is 25.3 Å². The summed E-state index contributed by atoms with van der Waals surface area (Å²) >= 11 is 6.42. The highest BCUT2D eigenvalue weighted by atomic mass is 32.2. The number of rotatable bonds is 9. The first-order valence-electron chi connectivity index (χ1n) is 9.77. The van der Waals surface area contributed by atoms with Crippen LogP contribution in [0, 0.1) is 0 Å². The Morgan fingerprint density at radius 1 is 1.16 bits per heavy atom. The first kappa shape index (κ1) is 22.8. The van der Waals surface area contributed by atoms with E-state index in [9.17, 15) is 9.59 Å². The molecule has 0 aliphatic carbocycles. The van der Waals surface area contributed by atoms with Crippen LogP contribution in [-0.4, -0.2) is 41.4 Å². The number of hydrogen-bond donors (Lipinski definition) is 0. The molecule has 0 unspecified atom stereocenters. The zero-order chi connectivity index (χ0) is 22.2. The van der Waals surface area contributed by atoms with Gasteiger partial charge in [0.2, 0.25) is 0 Å². The molecule has 0 N–H and O–H groups in total. The quantitative estimate of drug-likeness (QED) is 0.314. The van der Waals surface area contributed by atoms with Gasteiger partial charge in [0.15, 0.2) is 11.5 Å². The highest BCUT2D eigenvalue weighted by Gasteiger charge is 2.33. The number of thioether (sulfide) groups is 1. The molecule has 1 saturated heterocycles. The van der Waals surface area contributed by atoms with Crippen molar-refractivity contribution >= 4 is 46.3 Å². The molecule has 2 aromatic rings. The SMILES string of the molecule is CCCOC(=O)CN1C(=O)/C(=C/c2ccc(OCc3ccccc3)c(OC)c2)SC1=S. The molecule has 0 radical (unpaired) electrons. The number of carbonyl (C=O) groups is 2. The van der Waals surface area contributed by atoms with Gasteiger partial charge in [0.1, 0.15) is 17.5 Å². The number of amides is 1. The smallest absolute Gasteiger partial charge is 0.326 e. The van der Waals surface area contributed by atoms with Gasteiger partial charge in [-0.15, -0.1) is 0 Å². The van der Waals surface area contributed by atoms with Crippen LogP contribution in [0.5, 0.6) is 11.5 Å². The van der Waals surface area contributed by atoms with E-state index in [0.29, 0.717) is 33.9 Å². The van der Waals surface area contributed by atoms with E-state index in [1.165, 1.54) is 4.90 Å². The van der Waals surface area contributed by atoms with Crippen molar-refractivity contribution < 1.29 is 23.8 Å². The van der Waals surface area contributed by atoms with E-state index in [-0.39, 0.29) is 12.5 Å². The minimum Gasteiger partial charge on any atom is -0.493 e. The Balaban J connectivity index is 1.70. The summed E-state index contributed by atoms with van der Waals surface area (Å²) in [6, 6.07) is 15.3. The highest BCUT2D eigenvalue weighted by Crippen LogP contribution is 2.35. The van der Waals surface area contributed by atoms with Crippen LogP contribution in [0.4, 0.5) is 0 Å².